The molecule has 0 spiro atoms. The summed E-state index contributed by atoms with van der Waals surface area (Å²) in [7, 11) is 2.04. The minimum Gasteiger partial charge on any atom is -0.317 e. The third-order valence-corrected chi connectivity index (χ3v) is 1.75. The van der Waals surface area contributed by atoms with Crippen LogP contribution in [0.5, 0.6) is 0 Å². The fraction of sp³-hybridized carbons (Fsp3) is 1.00. The molecule has 1 heterocycles. The molecule has 0 aromatic carbocycles. The van der Waals surface area contributed by atoms with Crippen molar-refractivity contribution < 1.29 is 0 Å². The highest BCUT2D eigenvalue weighted by Crippen LogP contribution is 1.99. The third kappa shape index (κ3) is 1.46. The number of rotatable bonds is 1. The first-order valence-corrected chi connectivity index (χ1v) is 3.31. The molecule has 0 aliphatic carbocycles. The number of hydrogen-bond acceptors (Lipinski definition) is 2. The van der Waals surface area contributed by atoms with Gasteiger partial charge in [0, 0.05) is 6.04 Å². The van der Waals surface area contributed by atoms with Gasteiger partial charge in [0.2, 0.25) is 0 Å². The Kier molecular flexibility index (Phi) is 2.30. The number of nitrogens with one attached hydrogen (secondary N) is 2. The van der Waals surface area contributed by atoms with Crippen molar-refractivity contribution in [2.75, 3.05) is 20.1 Å². The molecule has 2 heteroatoms. The van der Waals surface area contributed by atoms with Gasteiger partial charge < -0.3 is 10.6 Å². The van der Waals surface area contributed by atoms with E-state index in [-0.39, 0.29) is 0 Å². The lowest BCUT2D eigenvalue weighted by molar-refractivity contribution is 0.409. The van der Waals surface area contributed by atoms with Gasteiger partial charge >= 0.3 is 0 Å². The minimum atomic E-state index is 0.774. The number of piperidine rings is 1. The summed E-state index contributed by atoms with van der Waals surface area (Å²) in [5, 5.41) is 6.57. The van der Waals surface area contributed by atoms with Crippen molar-refractivity contribution in [2.24, 2.45) is 0 Å². The summed E-state index contributed by atoms with van der Waals surface area (Å²) in [4.78, 5) is 0. The van der Waals surface area contributed by atoms with Crippen LogP contribution in [0.1, 0.15) is 12.8 Å². The van der Waals surface area contributed by atoms with Crippen LogP contribution < -0.4 is 10.6 Å². The van der Waals surface area contributed by atoms with Gasteiger partial charge in [-0.05, 0) is 33.0 Å². The summed E-state index contributed by atoms with van der Waals surface area (Å²) in [6.45, 7) is 2.37. The molecule has 0 aromatic heterocycles. The summed E-state index contributed by atoms with van der Waals surface area (Å²) in [5.74, 6) is 0. The smallest absolute Gasteiger partial charge is 0.00882 e. The highest BCUT2D eigenvalue weighted by molar-refractivity contribution is 4.71. The quantitative estimate of drug-likeness (QED) is 0.500. The van der Waals surface area contributed by atoms with E-state index in [4.69, 9.17) is 0 Å². The summed E-state index contributed by atoms with van der Waals surface area (Å²) < 4.78 is 0. The van der Waals surface area contributed by atoms with E-state index in [9.17, 15) is 0 Å². The molecule has 1 aliphatic heterocycles. The fourth-order valence-electron chi connectivity index (χ4n) is 1.11. The van der Waals surface area contributed by atoms with Crippen LogP contribution in [0.4, 0.5) is 0 Å². The van der Waals surface area contributed by atoms with Crippen LogP contribution in [0.15, 0.2) is 0 Å². The molecule has 0 unspecified atom stereocenters. The molecule has 1 rings (SSSR count). The van der Waals surface area contributed by atoms with Gasteiger partial charge in [0.15, 0.2) is 0 Å². The lowest BCUT2D eigenvalue weighted by atomic mass is 10.1. The van der Waals surface area contributed by atoms with E-state index >= 15 is 0 Å². The first-order chi connectivity index (χ1) is 3.93. The lowest BCUT2D eigenvalue weighted by Gasteiger charge is -2.21. The highest BCUT2D eigenvalue weighted by Gasteiger charge is 2.08. The van der Waals surface area contributed by atoms with Crippen LogP contribution in [0.25, 0.3) is 0 Å². The molecular formula is C6H14N2. The zero-order chi connectivity index (χ0) is 5.82. The summed E-state index contributed by atoms with van der Waals surface area (Å²) in [6, 6.07) is 0.774. The second-order valence-corrected chi connectivity index (χ2v) is 2.31. The van der Waals surface area contributed by atoms with E-state index in [1.54, 1.807) is 0 Å². The van der Waals surface area contributed by atoms with Crippen molar-refractivity contribution in [3.05, 3.63) is 0 Å². The molecule has 0 aromatic rings. The maximum absolute atomic E-state index is 3.31. The maximum atomic E-state index is 3.31. The fourth-order valence-corrected chi connectivity index (χ4v) is 1.11. The Hall–Kier alpha value is -0.0800. The standard InChI is InChI=1S/C6H14N2/c1-7-6-2-4-8-5-3-6/h6-8H,2-5H2,1H3. The second-order valence-electron chi connectivity index (χ2n) is 2.31. The van der Waals surface area contributed by atoms with Crippen LogP contribution in [0.3, 0.4) is 0 Å². The predicted molar refractivity (Wildman–Crippen MR) is 35.0 cm³/mol. The van der Waals surface area contributed by atoms with Gasteiger partial charge in [-0.15, -0.1) is 0 Å². The van der Waals surface area contributed by atoms with E-state index < -0.39 is 0 Å². The maximum Gasteiger partial charge on any atom is 0.00882 e. The molecule has 1 fully saturated rings. The van der Waals surface area contributed by atoms with Crippen LogP contribution in [0, 0.1) is 0 Å². The van der Waals surface area contributed by atoms with E-state index in [2.05, 4.69) is 10.6 Å². The average Bonchev–Trinajstić information content (AvgIpc) is 1.90. The van der Waals surface area contributed by atoms with Gasteiger partial charge in [0.25, 0.3) is 0 Å². The molecule has 0 radical (unpaired) electrons. The Labute approximate surface area is 50.7 Å². The van der Waals surface area contributed by atoms with Crippen LogP contribution >= 0.6 is 0 Å². The first-order valence-electron chi connectivity index (χ1n) is 3.31. The van der Waals surface area contributed by atoms with Crippen LogP contribution in [-0.4, -0.2) is 26.2 Å². The Bertz CT molecular complexity index is 57.5. The molecule has 0 bridgehead atoms. The molecular weight excluding hydrogens is 100 g/mol. The largest absolute Gasteiger partial charge is 0.317 e. The monoisotopic (exact) mass is 114 g/mol. The van der Waals surface area contributed by atoms with Crippen LogP contribution in [-0.2, 0) is 0 Å². The minimum absolute atomic E-state index is 0.774. The van der Waals surface area contributed by atoms with Crippen molar-refractivity contribution in [1.82, 2.24) is 10.6 Å². The molecule has 48 valence electrons. The Balaban J connectivity index is 2.13. The lowest BCUT2D eigenvalue weighted by Crippen LogP contribution is -2.37. The van der Waals surface area contributed by atoms with Crippen molar-refractivity contribution in [2.45, 2.75) is 18.9 Å². The van der Waals surface area contributed by atoms with Crippen molar-refractivity contribution in [1.29, 1.82) is 0 Å². The van der Waals surface area contributed by atoms with Crippen molar-refractivity contribution >= 4 is 0 Å². The molecule has 1 saturated heterocycles. The van der Waals surface area contributed by atoms with Gasteiger partial charge in [0.1, 0.15) is 0 Å². The van der Waals surface area contributed by atoms with Gasteiger partial charge in [-0.2, -0.15) is 0 Å². The molecule has 8 heavy (non-hydrogen) atoms. The topological polar surface area (TPSA) is 24.1 Å². The summed E-state index contributed by atoms with van der Waals surface area (Å²) >= 11 is 0. The Morgan fingerprint density at radius 1 is 1.38 bits per heavy atom. The van der Waals surface area contributed by atoms with Crippen molar-refractivity contribution in [3.63, 3.8) is 0 Å². The molecule has 2 nitrogen and oxygen atoms in total. The summed E-state index contributed by atoms with van der Waals surface area (Å²) in [5.41, 5.74) is 0. The molecule has 0 saturated carbocycles. The van der Waals surface area contributed by atoms with E-state index in [1.165, 1.54) is 25.9 Å². The molecule has 2 N–H and O–H groups in total. The van der Waals surface area contributed by atoms with Gasteiger partial charge in [-0.1, -0.05) is 0 Å². The zero-order valence-electron chi connectivity index (χ0n) is 5.41. The SMILES string of the molecule is CNC1CCNCC1. The zero-order valence-corrected chi connectivity index (χ0v) is 5.41. The van der Waals surface area contributed by atoms with Gasteiger partial charge in [-0.25, -0.2) is 0 Å². The Morgan fingerprint density at radius 2 is 2.00 bits per heavy atom. The van der Waals surface area contributed by atoms with E-state index in [1.807, 2.05) is 7.05 Å². The highest BCUT2D eigenvalue weighted by atomic mass is 14.9. The van der Waals surface area contributed by atoms with Gasteiger partial charge in [-0.3, -0.25) is 0 Å². The summed E-state index contributed by atoms with van der Waals surface area (Å²) in [6.07, 6.45) is 2.58. The Morgan fingerprint density at radius 3 is 2.38 bits per heavy atom. The molecule has 0 atom stereocenters. The molecule has 1 aliphatic rings. The van der Waals surface area contributed by atoms with Crippen molar-refractivity contribution in [3.8, 4) is 0 Å². The normalized spacial score (nSPS) is 23.6. The number of hydrogen-bond donors (Lipinski definition) is 2. The molecule has 0 amide bonds. The third-order valence-electron chi connectivity index (χ3n) is 1.75. The predicted octanol–water partition coefficient (Wildman–Crippen LogP) is -0.0422. The van der Waals surface area contributed by atoms with E-state index in [0.717, 1.165) is 6.04 Å². The second kappa shape index (κ2) is 3.05. The first kappa shape index (κ1) is 6.05. The van der Waals surface area contributed by atoms with Gasteiger partial charge in [0.05, 0.1) is 0 Å². The van der Waals surface area contributed by atoms with Crippen LogP contribution in [0.2, 0.25) is 0 Å². The van der Waals surface area contributed by atoms with E-state index in [0.29, 0.717) is 0 Å². The average molecular weight is 114 g/mol.